The summed E-state index contributed by atoms with van der Waals surface area (Å²) >= 11 is 0. The summed E-state index contributed by atoms with van der Waals surface area (Å²) in [4.78, 5) is 42.4. The summed E-state index contributed by atoms with van der Waals surface area (Å²) in [7, 11) is -6.05. The number of carbonyl (C=O) groups is 3. The van der Waals surface area contributed by atoms with Crippen LogP contribution in [-0.4, -0.2) is 122 Å². The van der Waals surface area contributed by atoms with Crippen LogP contribution in [0, 0.1) is 11.8 Å². The highest BCUT2D eigenvalue weighted by Crippen LogP contribution is 2.43. The molecule has 0 aliphatic carbocycles. The lowest BCUT2D eigenvalue weighted by Crippen LogP contribution is -2.51. The highest BCUT2D eigenvalue weighted by molar-refractivity contribution is 6.74. The minimum Gasteiger partial charge on any atom is -0.457 e. The third-order valence-electron chi connectivity index (χ3n) is 16.3. The van der Waals surface area contributed by atoms with Gasteiger partial charge in [-0.15, -0.1) is 0 Å². The van der Waals surface area contributed by atoms with E-state index in [0.717, 1.165) is 72.8 Å². The third-order valence-corrected chi connectivity index (χ3v) is 30.5. The standard InChI is InChI=1S/C53H98N2O10Si3/c1-17-45(64-67(21-5,22-6)23-7)42(13)50-46(59-50)39-52(15,65-68(24-8,25-9)26-10)32-27-28-40(11)49-41(12)29-30-47(60-51(58)55-36-34-54-35-37-55)53(16,62-43(14)56)33-31-44(38-48(57)61-49)63-66(18-2,19-3)20-4/h27-30,32,41-42,44-47,49-50,54H,17-26,31,33-39H2,1-16H3/b30-29-,32-27+,40-28+/t41-,42+,44+,45-,46-,47-,49+,50-,52-,53+/m0/s1. The van der Waals surface area contributed by atoms with E-state index in [1.807, 2.05) is 39.0 Å². The lowest BCUT2D eigenvalue weighted by atomic mass is 9.88. The maximum absolute atomic E-state index is 14.2. The first kappa shape index (κ1) is 60.2. The van der Waals surface area contributed by atoms with Gasteiger partial charge in [-0.1, -0.05) is 107 Å². The molecule has 3 aliphatic heterocycles. The molecule has 3 rings (SSSR count). The highest BCUT2D eigenvalue weighted by atomic mass is 28.4. The monoisotopic (exact) mass is 1010 g/mol. The van der Waals surface area contributed by atoms with E-state index < -0.39 is 66.5 Å². The molecule has 0 aromatic carbocycles. The van der Waals surface area contributed by atoms with Crippen molar-refractivity contribution in [3.63, 3.8) is 0 Å². The number of allylic oxidation sites excluding steroid dienone is 2. The van der Waals surface area contributed by atoms with E-state index in [4.69, 9.17) is 32.2 Å². The molecule has 392 valence electrons. The fraction of sp³-hybridized carbons (Fsp3) is 0.830. The summed E-state index contributed by atoms with van der Waals surface area (Å²) in [6.45, 7) is 36.5. The summed E-state index contributed by atoms with van der Waals surface area (Å²) < 4.78 is 46.9. The van der Waals surface area contributed by atoms with Crippen LogP contribution in [0.5, 0.6) is 0 Å². The first-order valence-corrected chi connectivity index (χ1v) is 34.6. The molecule has 0 aromatic rings. The van der Waals surface area contributed by atoms with E-state index in [9.17, 15) is 14.4 Å². The number of ether oxygens (including phenoxy) is 4. The lowest BCUT2D eigenvalue weighted by Gasteiger charge is -2.39. The van der Waals surface area contributed by atoms with Crippen molar-refractivity contribution in [1.82, 2.24) is 10.2 Å². The zero-order valence-corrected chi connectivity index (χ0v) is 48.8. The van der Waals surface area contributed by atoms with Crippen molar-refractivity contribution in [2.45, 2.75) is 245 Å². The van der Waals surface area contributed by atoms with Gasteiger partial charge in [-0.25, -0.2) is 4.79 Å². The second-order valence-corrected chi connectivity index (χ2v) is 34.9. The molecule has 3 heterocycles. The third kappa shape index (κ3) is 16.7. The second kappa shape index (κ2) is 27.6. The fourth-order valence-corrected chi connectivity index (χ4v) is 19.7. The predicted molar refractivity (Wildman–Crippen MR) is 283 cm³/mol. The Hall–Kier alpha value is -2.12. The maximum Gasteiger partial charge on any atom is 0.410 e. The SMILES string of the molecule is CC[C@H](O[Si](CC)(CC)CC)[C@@H](C)[C@@H]1O[C@H]1C[C@](C)(/C=C/C=C(\C)[C@H]1OC(=O)C[C@H](O[Si](CC)(CC)CC)CC[C@@](C)(OC(C)=O)[C@@H](OC(=O)N2CCNCC2)/C=C\[C@@H]1C)O[Si](CC)(CC)CC. The van der Waals surface area contributed by atoms with Gasteiger partial charge in [0.15, 0.2) is 31.1 Å². The first-order valence-electron chi connectivity index (χ1n) is 27.0. The second-order valence-electron chi connectivity index (χ2n) is 20.8. The minimum absolute atomic E-state index is 0.0548. The van der Waals surface area contributed by atoms with Crippen LogP contribution in [0.25, 0.3) is 0 Å². The Kier molecular flexibility index (Phi) is 24.5. The van der Waals surface area contributed by atoms with Crippen molar-refractivity contribution < 1.29 is 46.6 Å². The van der Waals surface area contributed by atoms with Gasteiger partial charge < -0.3 is 42.4 Å². The van der Waals surface area contributed by atoms with Crippen LogP contribution in [0.1, 0.15) is 143 Å². The van der Waals surface area contributed by atoms with Crippen LogP contribution in [0.4, 0.5) is 4.79 Å². The number of nitrogens with one attached hydrogen (secondary N) is 1. The highest BCUT2D eigenvalue weighted by Gasteiger charge is 2.51. The Labute approximate surface area is 417 Å². The average Bonchev–Trinajstić information content (AvgIpc) is 4.10. The summed E-state index contributed by atoms with van der Waals surface area (Å²) in [6, 6.07) is 9.21. The minimum atomic E-state index is -2.19. The molecule has 0 bridgehead atoms. The van der Waals surface area contributed by atoms with E-state index in [0.29, 0.717) is 39.0 Å². The first-order chi connectivity index (χ1) is 32.2. The van der Waals surface area contributed by atoms with Gasteiger partial charge in [-0.2, -0.15) is 0 Å². The van der Waals surface area contributed by atoms with Crippen LogP contribution in [0.15, 0.2) is 36.0 Å². The number of hydrogen-bond acceptors (Lipinski definition) is 11. The van der Waals surface area contributed by atoms with Crippen LogP contribution >= 0.6 is 0 Å². The van der Waals surface area contributed by atoms with Crippen LogP contribution in [0.2, 0.25) is 54.4 Å². The number of esters is 2. The van der Waals surface area contributed by atoms with Crippen molar-refractivity contribution in [2.24, 2.45) is 11.8 Å². The number of carbonyl (C=O) groups excluding carboxylic acids is 3. The van der Waals surface area contributed by atoms with Gasteiger partial charge in [0, 0.05) is 57.5 Å². The largest absolute Gasteiger partial charge is 0.457 e. The number of rotatable bonds is 25. The van der Waals surface area contributed by atoms with Gasteiger partial charge in [-0.3, -0.25) is 9.59 Å². The van der Waals surface area contributed by atoms with Gasteiger partial charge >= 0.3 is 18.0 Å². The van der Waals surface area contributed by atoms with Crippen molar-refractivity contribution in [1.29, 1.82) is 0 Å². The van der Waals surface area contributed by atoms with Crippen molar-refractivity contribution >= 4 is 43.0 Å². The molecule has 0 spiro atoms. The number of piperazine rings is 1. The summed E-state index contributed by atoms with van der Waals surface area (Å²) in [5, 5.41) is 3.29. The van der Waals surface area contributed by atoms with Gasteiger partial charge in [0.05, 0.1) is 30.3 Å². The molecule has 12 nitrogen and oxygen atoms in total. The molecule has 15 heteroatoms. The maximum atomic E-state index is 14.2. The van der Waals surface area contributed by atoms with Gasteiger partial charge in [0.1, 0.15) is 11.7 Å². The normalized spacial score (nSPS) is 28.1. The van der Waals surface area contributed by atoms with E-state index in [1.54, 1.807) is 4.90 Å². The molecule has 2 fully saturated rings. The summed E-state index contributed by atoms with van der Waals surface area (Å²) in [5.41, 5.74) is -0.957. The van der Waals surface area contributed by atoms with Crippen LogP contribution in [0.3, 0.4) is 0 Å². The molecule has 0 aromatic heterocycles. The smallest absolute Gasteiger partial charge is 0.410 e. The Morgan fingerprint density at radius 2 is 1.47 bits per heavy atom. The topological polar surface area (TPSA) is 134 Å². The molecule has 2 saturated heterocycles. The quantitative estimate of drug-likeness (QED) is 0.0234. The Bertz CT molecular complexity index is 1640. The molecule has 3 aliphatic rings. The molecule has 68 heavy (non-hydrogen) atoms. The number of amides is 1. The summed E-state index contributed by atoms with van der Waals surface area (Å²) in [5.74, 6) is -0.875. The van der Waals surface area contributed by atoms with E-state index in [1.165, 1.54) is 6.92 Å². The van der Waals surface area contributed by atoms with Gasteiger partial charge in [0.2, 0.25) is 0 Å². The number of hydrogen-bond donors (Lipinski definition) is 1. The van der Waals surface area contributed by atoms with E-state index in [-0.39, 0.29) is 42.5 Å². The lowest BCUT2D eigenvalue weighted by molar-refractivity contribution is -0.168. The fourth-order valence-electron chi connectivity index (χ4n) is 10.7. The van der Waals surface area contributed by atoms with Crippen molar-refractivity contribution in [3.05, 3.63) is 36.0 Å². The Morgan fingerprint density at radius 1 is 0.897 bits per heavy atom. The van der Waals surface area contributed by atoms with Crippen LogP contribution < -0.4 is 5.32 Å². The Morgan fingerprint density at radius 3 is 2.00 bits per heavy atom. The van der Waals surface area contributed by atoms with Gasteiger partial charge in [0.25, 0.3) is 0 Å². The predicted octanol–water partition coefficient (Wildman–Crippen LogP) is 12.3. The zero-order valence-electron chi connectivity index (χ0n) is 45.8. The van der Waals surface area contributed by atoms with Crippen LogP contribution in [-0.2, 0) is 41.8 Å². The summed E-state index contributed by atoms with van der Waals surface area (Å²) in [6.07, 6.45) is 10.4. The average molecular weight is 1010 g/mol. The molecule has 0 saturated carbocycles. The molecule has 1 N–H and O–H groups in total. The molecule has 0 unspecified atom stereocenters. The van der Waals surface area contributed by atoms with Gasteiger partial charge in [-0.05, 0) is 106 Å². The molecule has 1 amide bonds. The molecular formula is C53H98N2O10Si3. The number of epoxide rings is 1. The Balaban J connectivity index is 2.07. The number of nitrogens with zero attached hydrogens (tertiary/aromatic N) is 1. The van der Waals surface area contributed by atoms with Crippen molar-refractivity contribution in [2.75, 3.05) is 26.2 Å². The van der Waals surface area contributed by atoms with E-state index >= 15 is 0 Å². The van der Waals surface area contributed by atoms with Crippen molar-refractivity contribution in [3.8, 4) is 0 Å². The molecular weight excluding hydrogens is 909 g/mol. The number of cyclic esters (lactones) is 1. The zero-order chi connectivity index (χ0) is 50.9. The molecule has 10 atom stereocenters. The van der Waals surface area contributed by atoms with E-state index in [2.05, 4.69) is 101 Å². The molecule has 0 radical (unpaired) electrons.